The third kappa shape index (κ3) is 5.12. The topological polar surface area (TPSA) is 77.7 Å². The highest BCUT2D eigenvalue weighted by molar-refractivity contribution is 6.74. The van der Waals surface area contributed by atoms with Gasteiger partial charge in [0.05, 0.1) is 5.52 Å². The zero-order valence-corrected chi connectivity index (χ0v) is 25.7. The summed E-state index contributed by atoms with van der Waals surface area (Å²) in [7, 11) is -1.78. The van der Waals surface area contributed by atoms with Crippen LogP contribution in [-0.2, 0) is 11.0 Å². The molecule has 1 saturated carbocycles. The molecular formula is C32H43N5O2Si. The fourth-order valence-corrected chi connectivity index (χ4v) is 7.55. The maximum Gasteiger partial charge on any atom is 0.334 e. The monoisotopic (exact) mass is 557 g/mol. The molecule has 40 heavy (non-hydrogen) atoms. The molecule has 4 heterocycles. The lowest BCUT2D eigenvalue weighted by Gasteiger charge is -2.41. The summed E-state index contributed by atoms with van der Waals surface area (Å²) >= 11 is 0. The number of aromatic nitrogens is 5. The maximum absolute atomic E-state index is 14.0. The second kappa shape index (κ2) is 10.5. The van der Waals surface area contributed by atoms with Gasteiger partial charge in [0, 0.05) is 53.4 Å². The molecule has 2 aliphatic rings. The van der Waals surface area contributed by atoms with E-state index in [0.717, 1.165) is 90.5 Å². The second-order valence-corrected chi connectivity index (χ2v) is 18.2. The van der Waals surface area contributed by atoms with Gasteiger partial charge in [0.25, 0.3) is 0 Å². The molecule has 4 aromatic rings. The first kappa shape index (κ1) is 27.2. The molecule has 0 saturated heterocycles. The number of pyridine rings is 2. The first-order valence-electron chi connectivity index (χ1n) is 15.0. The zero-order valence-electron chi connectivity index (χ0n) is 24.7. The van der Waals surface area contributed by atoms with Gasteiger partial charge in [-0.1, -0.05) is 26.8 Å². The number of allylic oxidation sites excluding steroid dienone is 2. The standard InChI is InChI=1S/C32H43N5O2Si/c1-32(2,3)40(4,5)39-27-13-11-22(12-14-27)21-36-28-18-25(24-17-23-15-16-33-29(23)34-19-24)20-35-30(28)37(31(36)38)26-9-7-6-8-10-26/h9,15-20,22,27H,6-8,10-14,21H2,1-5H3,(H,33,34)/t22-,27+. The van der Waals surface area contributed by atoms with Crippen molar-refractivity contribution < 1.29 is 4.43 Å². The van der Waals surface area contributed by atoms with E-state index in [1.165, 1.54) is 6.42 Å². The van der Waals surface area contributed by atoms with Gasteiger partial charge >= 0.3 is 5.69 Å². The zero-order chi connectivity index (χ0) is 28.1. The number of aromatic amines is 1. The summed E-state index contributed by atoms with van der Waals surface area (Å²) in [4.78, 5) is 26.7. The molecule has 6 rings (SSSR count). The predicted molar refractivity (Wildman–Crippen MR) is 166 cm³/mol. The number of rotatable bonds is 6. The van der Waals surface area contributed by atoms with Crippen LogP contribution in [0.15, 0.2) is 47.7 Å². The summed E-state index contributed by atoms with van der Waals surface area (Å²) in [6, 6.07) is 6.31. The predicted octanol–water partition coefficient (Wildman–Crippen LogP) is 7.74. The van der Waals surface area contributed by atoms with E-state index in [9.17, 15) is 4.79 Å². The Hall–Kier alpha value is -2.97. The molecule has 0 unspecified atom stereocenters. The smallest absolute Gasteiger partial charge is 0.334 e. The van der Waals surface area contributed by atoms with Crippen molar-refractivity contribution >= 4 is 36.2 Å². The van der Waals surface area contributed by atoms with Crippen LogP contribution in [0.3, 0.4) is 0 Å². The number of nitrogens with zero attached hydrogens (tertiary/aromatic N) is 4. The third-order valence-electron chi connectivity index (χ3n) is 9.56. The summed E-state index contributed by atoms with van der Waals surface area (Å²) < 4.78 is 10.6. The van der Waals surface area contributed by atoms with Crippen molar-refractivity contribution in [1.29, 1.82) is 0 Å². The van der Waals surface area contributed by atoms with E-state index < -0.39 is 8.32 Å². The van der Waals surface area contributed by atoms with Crippen molar-refractivity contribution in [2.45, 2.75) is 103 Å². The van der Waals surface area contributed by atoms with E-state index >= 15 is 0 Å². The Kier molecular flexibility index (Phi) is 7.11. The quantitative estimate of drug-likeness (QED) is 0.246. The fraction of sp³-hybridized carbons (Fsp3) is 0.531. The molecule has 1 N–H and O–H groups in total. The van der Waals surface area contributed by atoms with Crippen LogP contribution in [0.1, 0.15) is 72.1 Å². The van der Waals surface area contributed by atoms with Gasteiger partial charge in [0.2, 0.25) is 0 Å². The number of fused-ring (bicyclic) bond motifs is 2. The lowest BCUT2D eigenvalue weighted by molar-refractivity contribution is 0.112. The molecule has 0 aliphatic heterocycles. The Morgan fingerprint density at radius 1 is 1.05 bits per heavy atom. The molecule has 7 nitrogen and oxygen atoms in total. The van der Waals surface area contributed by atoms with Crippen molar-refractivity contribution in [1.82, 2.24) is 24.1 Å². The van der Waals surface area contributed by atoms with Crippen LogP contribution in [0.25, 0.3) is 39.0 Å². The highest BCUT2D eigenvalue weighted by Gasteiger charge is 2.40. The largest absolute Gasteiger partial charge is 0.414 e. The minimum Gasteiger partial charge on any atom is -0.414 e. The molecule has 0 amide bonds. The Bertz CT molecular complexity index is 1610. The van der Waals surface area contributed by atoms with E-state index in [-0.39, 0.29) is 10.7 Å². The molecule has 0 atom stereocenters. The average molecular weight is 558 g/mol. The van der Waals surface area contributed by atoms with E-state index in [1.807, 2.05) is 33.8 Å². The number of nitrogens with one attached hydrogen (secondary N) is 1. The van der Waals surface area contributed by atoms with Crippen molar-refractivity contribution in [3.8, 4) is 11.1 Å². The van der Waals surface area contributed by atoms with Crippen molar-refractivity contribution in [3.05, 3.63) is 53.3 Å². The number of hydrogen-bond donors (Lipinski definition) is 1. The molecule has 212 valence electrons. The van der Waals surface area contributed by atoms with Crippen LogP contribution in [-0.4, -0.2) is 38.5 Å². The second-order valence-electron chi connectivity index (χ2n) is 13.4. The Morgan fingerprint density at radius 3 is 2.52 bits per heavy atom. The van der Waals surface area contributed by atoms with E-state index in [2.05, 4.69) is 62.0 Å². The van der Waals surface area contributed by atoms with Crippen molar-refractivity contribution in [2.24, 2.45) is 5.92 Å². The van der Waals surface area contributed by atoms with Gasteiger partial charge in [-0.05, 0) is 93.6 Å². The number of imidazole rings is 1. The molecule has 4 aromatic heterocycles. The van der Waals surface area contributed by atoms with Gasteiger partial charge in [0.15, 0.2) is 14.0 Å². The summed E-state index contributed by atoms with van der Waals surface area (Å²) in [5, 5.41) is 1.29. The van der Waals surface area contributed by atoms with Crippen LogP contribution in [0.2, 0.25) is 18.1 Å². The summed E-state index contributed by atoms with van der Waals surface area (Å²) in [6.45, 7) is 12.3. The van der Waals surface area contributed by atoms with Crippen LogP contribution in [0.4, 0.5) is 0 Å². The highest BCUT2D eigenvalue weighted by atomic mass is 28.4. The van der Waals surface area contributed by atoms with E-state index in [0.29, 0.717) is 12.0 Å². The van der Waals surface area contributed by atoms with Gasteiger partial charge in [-0.15, -0.1) is 0 Å². The Morgan fingerprint density at radius 2 is 1.80 bits per heavy atom. The molecular weight excluding hydrogens is 514 g/mol. The SMILES string of the molecule is CC(C)(C)[Si](C)(C)O[C@H]1CC[C@@H](Cn2c(=O)n(C3=CCCCC3)c3ncc(-c4cnc5[nH]ccc5c4)cc32)CC1. The number of hydrogen-bond acceptors (Lipinski definition) is 4. The third-order valence-corrected chi connectivity index (χ3v) is 14.1. The van der Waals surface area contributed by atoms with Crippen molar-refractivity contribution in [2.75, 3.05) is 0 Å². The summed E-state index contributed by atoms with van der Waals surface area (Å²) in [6.07, 6.45) is 16.8. The van der Waals surface area contributed by atoms with Gasteiger partial charge in [-0.3, -0.25) is 4.57 Å². The lowest BCUT2D eigenvalue weighted by Crippen LogP contribution is -2.44. The highest BCUT2D eigenvalue weighted by Crippen LogP contribution is 2.40. The minimum absolute atomic E-state index is 0.0478. The first-order chi connectivity index (χ1) is 19.1. The molecule has 2 aliphatic carbocycles. The maximum atomic E-state index is 14.0. The van der Waals surface area contributed by atoms with E-state index in [1.54, 1.807) is 0 Å². The summed E-state index contributed by atoms with van der Waals surface area (Å²) in [5.41, 5.74) is 5.70. The minimum atomic E-state index is -1.78. The average Bonchev–Trinajstić information content (AvgIpc) is 3.51. The van der Waals surface area contributed by atoms with Gasteiger partial charge in [-0.2, -0.15) is 0 Å². The van der Waals surface area contributed by atoms with Crippen LogP contribution in [0, 0.1) is 5.92 Å². The summed E-state index contributed by atoms with van der Waals surface area (Å²) in [5.74, 6) is 0.456. The van der Waals surface area contributed by atoms with Gasteiger partial charge < -0.3 is 9.41 Å². The molecule has 8 heteroatoms. The Balaban J connectivity index is 1.31. The molecule has 0 bridgehead atoms. The molecule has 0 spiro atoms. The number of H-pyrrole nitrogens is 1. The molecule has 0 radical (unpaired) electrons. The van der Waals surface area contributed by atoms with Crippen LogP contribution < -0.4 is 5.69 Å². The van der Waals surface area contributed by atoms with Gasteiger partial charge in [-0.25, -0.2) is 19.3 Å². The van der Waals surface area contributed by atoms with E-state index in [4.69, 9.17) is 9.41 Å². The van der Waals surface area contributed by atoms with Crippen LogP contribution >= 0.6 is 0 Å². The fourth-order valence-electron chi connectivity index (χ4n) is 6.13. The normalized spacial score (nSPS) is 20.8. The van der Waals surface area contributed by atoms with Crippen LogP contribution in [0.5, 0.6) is 0 Å². The Labute approximate surface area is 237 Å². The lowest BCUT2D eigenvalue weighted by atomic mass is 9.87. The van der Waals surface area contributed by atoms with Crippen molar-refractivity contribution in [3.63, 3.8) is 0 Å². The molecule has 0 aromatic carbocycles. The first-order valence-corrected chi connectivity index (χ1v) is 17.9. The van der Waals surface area contributed by atoms with Gasteiger partial charge in [0.1, 0.15) is 5.65 Å². The molecule has 1 fully saturated rings.